The van der Waals surface area contributed by atoms with E-state index in [0.717, 1.165) is 12.8 Å². The van der Waals surface area contributed by atoms with Crippen molar-refractivity contribution in [3.05, 3.63) is 0 Å². The summed E-state index contributed by atoms with van der Waals surface area (Å²) in [4.78, 5) is 10.3. The van der Waals surface area contributed by atoms with Gasteiger partial charge >= 0.3 is 12.0 Å². The van der Waals surface area contributed by atoms with Gasteiger partial charge < -0.3 is 9.47 Å². The van der Waals surface area contributed by atoms with Gasteiger partial charge in [0.25, 0.3) is 0 Å². The highest BCUT2D eigenvalue weighted by molar-refractivity contribution is 5.99. The monoisotopic (exact) mass is 236 g/mol. The zero-order valence-electron chi connectivity index (χ0n) is 8.47. The first-order valence-electron chi connectivity index (χ1n) is 4.83. The summed E-state index contributed by atoms with van der Waals surface area (Å²) in [6.45, 7) is 0.353. The van der Waals surface area contributed by atoms with Crippen LogP contribution in [0.5, 0.6) is 0 Å². The zero-order chi connectivity index (χ0) is 12.0. The summed E-state index contributed by atoms with van der Waals surface area (Å²) in [5.74, 6) is 1.43. The summed E-state index contributed by atoms with van der Waals surface area (Å²) < 4.78 is 45.3. The van der Waals surface area contributed by atoms with Crippen LogP contribution in [0.25, 0.3) is 0 Å². The van der Waals surface area contributed by atoms with Crippen molar-refractivity contribution in [3.8, 4) is 11.8 Å². The Morgan fingerprint density at radius 1 is 1.44 bits per heavy atom. The molecule has 90 valence electrons. The predicted octanol–water partition coefficient (Wildman–Crippen LogP) is 1.66. The van der Waals surface area contributed by atoms with Crippen LogP contribution in [-0.4, -0.2) is 31.5 Å². The highest BCUT2D eigenvalue weighted by atomic mass is 19.4. The minimum absolute atomic E-state index is 0.230. The Balaban J connectivity index is 2.24. The number of rotatable bonds is 2. The number of Topliss-reactive ketones (excluding diaryl/α,β-unsaturated/α-hetero) is 1. The second-order valence-corrected chi connectivity index (χ2v) is 3.24. The molecule has 1 unspecified atom stereocenters. The van der Waals surface area contributed by atoms with E-state index < -0.39 is 18.2 Å². The van der Waals surface area contributed by atoms with Crippen LogP contribution < -0.4 is 0 Å². The summed E-state index contributed by atoms with van der Waals surface area (Å²) in [5, 5.41) is 0. The van der Waals surface area contributed by atoms with E-state index in [4.69, 9.17) is 9.47 Å². The number of hydrogen-bond donors (Lipinski definition) is 0. The molecule has 1 fully saturated rings. The molecule has 0 saturated carbocycles. The predicted molar refractivity (Wildman–Crippen MR) is 48.4 cm³/mol. The molecule has 16 heavy (non-hydrogen) atoms. The molecule has 1 saturated heterocycles. The topological polar surface area (TPSA) is 35.5 Å². The Morgan fingerprint density at radius 3 is 2.75 bits per heavy atom. The molecular weight excluding hydrogens is 225 g/mol. The number of ether oxygens (including phenoxy) is 2. The molecule has 0 aliphatic carbocycles. The second-order valence-electron chi connectivity index (χ2n) is 3.24. The number of carbonyl (C=O) groups excluding carboxylic acids is 1. The molecule has 1 aliphatic rings. The average Bonchev–Trinajstić information content (AvgIpc) is 2.24. The van der Waals surface area contributed by atoms with E-state index in [1.165, 1.54) is 5.92 Å². The third-order valence-electron chi connectivity index (χ3n) is 1.94. The quantitative estimate of drug-likeness (QED) is 0.540. The van der Waals surface area contributed by atoms with Gasteiger partial charge in [0.05, 0.1) is 0 Å². The van der Waals surface area contributed by atoms with Gasteiger partial charge in [-0.25, -0.2) is 0 Å². The van der Waals surface area contributed by atoms with Gasteiger partial charge in [0, 0.05) is 6.61 Å². The Bertz CT molecular complexity index is 295. The maximum absolute atomic E-state index is 11.7. The first kappa shape index (κ1) is 13.0. The number of halogens is 3. The Morgan fingerprint density at radius 2 is 2.19 bits per heavy atom. The lowest BCUT2D eigenvalue weighted by Gasteiger charge is -2.21. The summed E-state index contributed by atoms with van der Waals surface area (Å²) in [5.41, 5.74) is 0. The largest absolute Gasteiger partial charge is 0.462 e. The fourth-order valence-electron chi connectivity index (χ4n) is 1.16. The van der Waals surface area contributed by atoms with Crippen molar-refractivity contribution in [2.75, 3.05) is 13.2 Å². The molecule has 0 spiro atoms. The van der Waals surface area contributed by atoms with Crippen molar-refractivity contribution in [2.45, 2.75) is 31.7 Å². The minimum Gasteiger partial charge on any atom is -0.353 e. The molecule has 1 aliphatic heterocycles. The van der Waals surface area contributed by atoms with Gasteiger partial charge in [-0.1, -0.05) is 5.92 Å². The van der Waals surface area contributed by atoms with Gasteiger partial charge in [-0.05, 0) is 25.2 Å². The van der Waals surface area contributed by atoms with Crippen LogP contribution in [0.3, 0.4) is 0 Å². The summed E-state index contributed by atoms with van der Waals surface area (Å²) >= 11 is 0. The number of hydrogen-bond acceptors (Lipinski definition) is 3. The lowest BCUT2D eigenvalue weighted by Crippen LogP contribution is -2.23. The van der Waals surface area contributed by atoms with E-state index >= 15 is 0 Å². The zero-order valence-corrected chi connectivity index (χ0v) is 8.47. The Kier molecular flexibility index (Phi) is 4.77. The SMILES string of the molecule is O=C(C#CCOC1CCCCO1)C(F)(F)F. The normalized spacial score (nSPS) is 21.1. The first-order valence-corrected chi connectivity index (χ1v) is 4.83. The van der Waals surface area contributed by atoms with E-state index in [-0.39, 0.29) is 6.61 Å². The van der Waals surface area contributed by atoms with Crippen molar-refractivity contribution in [1.29, 1.82) is 0 Å². The molecular formula is C10H11F3O3. The van der Waals surface area contributed by atoms with Gasteiger partial charge in [-0.3, -0.25) is 4.79 Å². The van der Waals surface area contributed by atoms with Gasteiger partial charge in [0.2, 0.25) is 0 Å². The second kappa shape index (κ2) is 5.87. The van der Waals surface area contributed by atoms with E-state index in [9.17, 15) is 18.0 Å². The Hall–Kier alpha value is -1.06. The number of ketones is 1. The van der Waals surface area contributed by atoms with Crippen molar-refractivity contribution < 1.29 is 27.4 Å². The van der Waals surface area contributed by atoms with Crippen LogP contribution in [0.15, 0.2) is 0 Å². The molecule has 0 aromatic carbocycles. The van der Waals surface area contributed by atoms with E-state index in [2.05, 4.69) is 0 Å². The fraction of sp³-hybridized carbons (Fsp3) is 0.700. The van der Waals surface area contributed by atoms with E-state index in [1.54, 1.807) is 0 Å². The number of carbonyl (C=O) groups is 1. The summed E-state index contributed by atoms with van der Waals surface area (Å²) in [6.07, 6.45) is -2.69. The maximum Gasteiger partial charge on any atom is 0.462 e. The van der Waals surface area contributed by atoms with Gasteiger partial charge in [-0.2, -0.15) is 13.2 Å². The van der Waals surface area contributed by atoms with Crippen LogP contribution in [0.2, 0.25) is 0 Å². The first-order chi connectivity index (χ1) is 7.50. The molecule has 1 rings (SSSR count). The molecule has 0 aromatic heterocycles. The third kappa shape index (κ3) is 4.64. The van der Waals surface area contributed by atoms with Crippen LogP contribution in [0, 0.1) is 11.8 Å². The average molecular weight is 236 g/mol. The lowest BCUT2D eigenvalue weighted by atomic mass is 10.2. The molecule has 3 nitrogen and oxygen atoms in total. The van der Waals surface area contributed by atoms with Crippen molar-refractivity contribution in [1.82, 2.24) is 0 Å². The van der Waals surface area contributed by atoms with Crippen molar-refractivity contribution in [3.63, 3.8) is 0 Å². The maximum atomic E-state index is 11.7. The van der Waals surface area contributed by atoms with E-state index in [1.807, 2.05) is 5.92 Å². The van der Waals surface area contributed by atoms with Crippen molar-refractivity contribution in [2.24, 2.45) is 0 Å². The highest BCUT2D eigenvalue weighted by Crippen LogP contribution is 2.15. The standard InChI is InChI=1S/C10H11F3O3/c11-10(12,13)8(14)4-3-7-16-9-5-1-2-6-15-9/h9H,1-2,5-7H2. The molecule has 0 radical (unpaired) electrons. The molecule has 0 bridgehead atoms. The molecule has 1 heterocycles. The van der Waals surface area contributed by atoms with Gasteiger partial charge in [-0.15, -0.1) is 0 Å². The van der Waals surface area contributed by atoms with Crippen molar-refractivity contribution >= 4 is 5.78 Å². The fourth-order valence-corrected chi connectivity index (χ4v) is 1.16. The smallest absolute Gasteiger partial charge is 0.353 e. The molecule has 1 atom stereocenters. The summed E-state index contributed by atoms with van der Waals surface area (Å²) in [6, 6.07) is 0. The van der Waals surface area contributed by atoms with Gasteiger partial charge in [0.1, 0.15) is 6.61 Å². The van der Waals surface area contributed by atoms with Crippen LogP contribution >= 0.6 is 0 Å². The molecule has 0 amide bonds. The third-order valence-corrected chi connectivity index (χ3v) is 1.94. The minimum atomic E-state index is -4.89. The van der Waals surface area contributed by atoms with Gasteiger partial charge in [0.15, 0.2) is 6.29 Å². The lowest BCUT2D eigenvalue weighted by molar-refractivity contribution is -0.164. The van der Waals surface area contributed by atoms with E-state index in [0.29, 0.717) is 13.0 Å². The Labute approximate surface area is 90.9 Å². The highest BCUT2D eigenvalue weighted by Gasteiger charge is 2.36. The van der Waals surface area contributed by atoms with Crippen LogP contribution in [0.4, 0.5) is 13.2 Å². The van der Waals surface area contributed by atoms with Crippen LogP contribution in [0.1, 0.15) is 19.3 Å². The molecule has 0 N–H and O–H groups in total. The molecule has 0 aromatic rings. The van der Waals surface area contributed by atoms with Crippen LogP contribution in [-0.2, 0) is 14.3 Å². The number of alkyl halides is 3. The summed E-state index contributed by atoms with van der Waals surface area (Å²) in [7, 11) is 0. The molecule has 6 heteroatoms.